The predicted molar refractivity (Wildman–Crippen MR) is 74.9 cm³/mol. The van der Waals surface area contributed by atoms with E-state index < -0.39 is 4.92 Å². The summed E-state index contributed by atoms with van der Waals surface area (Å²) in [6, 6.07) is 0. The van der Waals surface area contributed by atoms with Crippen LogP contribution in [-0.2, 0) is 4.74 Å². The predicted octanol–water partition coefficient (Wildman–Crippen LogP) is 1.80. The minimum absolute atomic E-state index is 0.125. The molecule has 0 spiro atoms. The third-order valence-corrected chi connectivity index (χ3v) is 3.62. The Morgan fingerprint density at radius 3 is 2.50 bits per heavy atom. The van der Waals surface area contributed by atoms with Crippen LogP contribution >= 0.6 is 0 Å². The summed E-state index contributed by atoms with van der Waals surface area (Å²) < 4.78 is 5.48. The Balaban J connectivity index is 2.18. The van der Waals surface area contributed by atoms with Crippen LogP contribution in [0.2, 0.25) is 0 Å². The summed E-state index contributed by atoms with van der Waals surface area (Å²) in [7, 11) is 1.67. The van der Waals surface area contributed by atoms with Gasteiger partial charge in [-0.3, -0.25) is 10.1 Å². The van der Waals surface area contributed by atoms with Crippen molar-refractivity contribution in [3.8, 4) is 0 Å². The molecule has 1 fully saturated rings. The van der Waals surface area contributed by atoms with E-state index in [1.54, 1.807) is 7.11 Å². The highest BCUT2D eigenvalue weighted by atomic mass is 16.6. The Morgan fingerprint density at radius 2 is 2.05 bits per heavy atom. The number of methoxy groups -OCH3 is 1. The second-order valence-corrected chi connectivity index (χ2v) is 4.80. The second kappa shape index (κ2) is 6.00. The van der Waals surface area contributed by atoms with E-state index in [2.05, 4.69) is 20.6 Å². The molecule has 1 heterocycles. The first-order valence-electron chi connectivity index (χ1n) is 6.64. The number of nitrogens with zero attached hydrogens (tertiary/aromatic N) is 3. The van der Waals surface area contributed by atoms with E-state index in [0.29, 0.717) is 13.1 Å². The lowest BCUT2D eigenvalue weighted by Crippen LogP contribution is -2.45. The monoisotopic (exact) mass is 281 g/mol. The quantitative estimate of drug-likeness (QED) is 0.580. The molecule has 1 aromatic heterocycles. The molecule has 2 rings (SSSR count). The summed E-state index contributed by atoms with van der Waals surface area (Å²) in [4.78, 5) is 18.6. The number of nitro groups is 1. The Hall–Kier alpha value is -1.96. The van der Waals surface area contributed by atoms with Crippen molar-refractivity contribution in [1.29, 1.82) is 0 Å². The number of aromatic nitrogens is 2. The van der Waals surface area contributed by atoms with Crippen LogP contribution in [0.1, 0.15) is 26.2 Å². The van der Waals surface area contributed by atoms with Crippen molar-refractivity contribution < 1.29 is 9.66 Å². The lowest BCUT2D eigenvalue weighted by molar-refractivity contribution is -0.383. The Bertz CT molecular complexity index is 484. The van der Waals surface area contributed by atoms with Crippen LogP contribution in [0.3, 0.4) is 0 Å². The van der Waals surface area contributed by atoms with Gasteiger partial charge in [0, 0.05) is 20.2 Å². The molecule has 2 N–H and O–H groups in total. The van der Waals surface area contributed by atoms with Crippen molar-refractivity contribution in [3.63, 3.8) is 0 Å². The van der Waals surface area contributed by atoms with Gasteiger partial charge >= 0.3 is 5.69 Å². The topological polar surface area (TPSA) is 102 Å². The molecule has 0 unspecified atom stereocenters. The molecule has 0 aromatic carbocycles. The Kier molecular flexibility index (Phi) is 4.33. The van der Waals surface area contributed by atoms with E-state index in [9.17, 15) is 10.1 Å². The average Bonchev–Trinajstić information content (AvgIpc) is 2.38. The van der Waals surface area contributed by atoms with E-state index in [1.165, 1.54) is 6.33 Å². The largest absolute Gasteiger partial charge is 0.376 e. The fraction of sp³-hybridized carbons (Fsp3) is 0.667. The molecule has 1 aliphatic rings. The van der Waals surface area contributed by atoms with Crippen LogP contribution in [0.15, 0.2) is 6.33 Å². The maximum absolute atomic E-state index is 11.2. The number of hydrogen-bond acceptors (Lipinski definition) is 7. The molecule has 20 heavy (non-hydrogen) atoms. The highest BCUT2D eigenvalue weighted by molar-refractivity contribution is 5.69. The van der Waals surface area contributed by atoms with Gasteiger partial charge in [0.15, 0.2) is 0 Å². The molecular weight excluding hydrogens is 262 g/mol. The summed E-state index contributed by atoms with van der Waals surface area (Å²) in [5.41, 5.74) is -0.350. The molecule has 110 valence electrons. The molecule has 0 atom stereocenters. The van der Waals surface area contributed by atoms with Crippen molar-refractivity contribution in [2.75, 3.05) is 30.8 Å². The van der Waals surface area contributed by atoms with Gasteiger partial charge in [-0.15, -0.1) is 0 Å². The van der Waals surface area contributed by atoms with Crippen molar-refractivity contribution in [1.82, 2.24) is 9.97 Å². The lowest BCUT2D eigenvalue weighted by atomic mass is 9.80. The zero-order chi connectivity index (χ0) is 14.6. The van der Waals surface area contributed by atoms with Crippen LogP contribution < -0.4 is 10.6 Å². The molecule has 0 amide bonds. The fourth-order valence-corrected chi connectivity index (χ4v) is 2.25. The molecule has 0 saturated heterocycles. The summed E-state index contributed by atoms with van der Waals surface area (Å²) in [6.45, 7) is 2.92. The SMILES string of the molecule is CCNc1ncnc(NCC2(OC)CCC2)c1[N+](=O)[O-]. The minimum Gasteiger partial charge on any atom is -0.376 e. The number of ether oxygens (including phenoxy) is 1. The van der Waals surface area contributed by atoms with Gasteiger partial charge in [-0.2, -0.15) is 0 Å². The van der Waals surface area contributed by atoms with E-state index in [0.717, 1.165) is 19.3 Å². The van der Waals surface area contributed by atoms with Crippen LogP contribution in [0.4, 0.5) is 17.3 Å². The van der Waals surface area contributed by atoms with Crippen LogP contribution in [0, 0.1) is 10.1 Å². The van der Waals surface area contributed by atoms with Gasteiger partial charge in [0.25, 0.3) is 0 Å². The fourth-order valence-electron chi connectivity index (χ4n) is 2.25. The van der Waals surface area contributed by atoms with Gasteiger partial charge in [-0.1, -0.05) is 0 Å². The Morgan fingerprint density at radius 1 is 1.40 bits per heavy atom. The van der Waals surface area contributed by atoms with Gasteiger partial charge in [-0.25, -0.2) is 9.97 Å². The van der Waals surface area contributed by atoms with E-state index in [4.69, 9.17) is 4.74 Å². The first-order chi connectivity index (χ1) is 9.62. The average molecular weight is 281 g/mol. The summed E-state index contributed by atoms with van der Waals surface area (Å²) >= 11 is 0. The highest BCUT2D eigenvalue weighted by Gasteiger charge is 2.37. The zero-order valence-corrected chi connectivity index (χ0v) is 11.7. The molecule has 0 aliphatic heterocycles. The van der Waals surface area contributed by atoms with Gasteiger partial charge in [0.1, 0.15) is 6.33 Å². The van der Waals surface area contributed by atoms with E-state index in [-0.39, 0.29) is 22.9 Å². The summed E-state index contributed by atoms with van der Waals surface area (Å²) in [6.07, 6.45) is 4.34. The molecule has 0 bridgehead atoms. The van der Waals surface area contributed by atoms with Crippen LogP contribution in [0.5, 0.6) is 0 Å². The van der Waals surface area contributed by atoms with E-state index in [1.807, 2.05) is 6.92 Å². The number of rotatable bonds is 7. The minimum atomic E-state index is -0.472. The summed E-state index contributed by atoms with van der Waals surface area (Å²) in [5.74, 6) is 0.458. The standard InChI is InChI=1S/C12H19N5O3/c1-3-13-10-9(17(18)19)11(16-8-15-10)14-7-12(20-2)5-4-6-12/h8H,3-7H2,1-2H3,(H2,13,14,15,16). The molecule has 1 saturated carbocycles. The molecular formula is C12H19N5O3. The van der Waals surface area contributed by atoms with Crippen molar-refractivity contribution in [3.05, 3.63) is 16.4 Å². The molecule has 1 aromatic rings. The van der Waals surface area contributed by atoms with Gasteiger partial charge in [-0.05, 0) is 26.2 Å². The van der Waals surface area contributed by atoms with E-state index >= 15 is 0 Å². The number of anilines is 2. The maximum atomic E-state index is 11.2. The number of nitrogens with one attached hydrogen (secondary N) is 2. The van der Waals surface area contributed by atoms with Gasteiger partial charge in [0.2, 0.25) is 11.6 Å². The summed E-state index contributed by atoms with van der Waals surface area (Å²) in [5, 5.41) is 17.1. The van der Waals surface area contributed by atoms with Gasteiger partial charge < -0.3 is 15.4 Å². The Labute approximate surface area is 117 Å². The van der Waals surface area contributed by atoms with Crippen LogP contribution in [-0.4, -0.2) is 40.7 Å². The van der Waals surface area contributed by atoms with Crippen LogP contribution in [0.25, 0.3) is 0 Å². The van der Waals surface area contributed by atoms with Gasteiger partial charge in [0.05, 0.1) is 10.5 Å². The first kappa shape index (κ1) is 14.4. The normalized spacial score (nSPS) is 16.3. The highest BCUT2D eigenvalue weighted by Crippen LogP contribution is 2.36. The van der Waals surface area contributed by atoms with Crippen molar-refractivity contribution >= 4 is 17.3 Å². The van der Waals surface area contributed by atoms with Crippen molar-refractivity contribution in [2.24, 2.45) is 0 Å². The molecule has 8 heteroatoms. The third-order valence-electron chi connectivity index (χ3n) is 3.62. The number of hydrogen-bond donors (Lipinski definition) is 2. The molecule has 1 aliphatic carbocycles. The first-order valence-corrected chi connectivity index (χ1v) is 6.64. The molecule has 0 radical (unpaired) electrons. The smallest absolute Gasteiger partial charge is 0.353 e. The molecule has 8 nitrogen and oxygen atoms in total. The van der Waals surface area contributed by atoms with Crippen molar-refractivity contribution in [2.45, 2.75) is 31.8 Å². The zero-order valence-electron chi connectivity index (χ0n) is 11.7. The third kappa shape index (κ3) is 2.79. The second-order valence-electron chi connectivity index (χ2n) is 4.80. The lowest BCUT2D eigenvalue weighted by Gasteiger charge is -2.40. The maximum Gasteiger partial charge on any atom is 0.353 e.